The lowest BCUT2D eigenvalue weighted by atomic mass is 9.85. The smallest absolute Gasteiger partial charge is 0.251 e. The normalized spacial score (nSPS) is 16.9. The Hall–Kier alpha value is -3.17. The molecule has 0 aliphatic carbocycles. The molecule has 2 aromatic rings. The van der Waals surface area contributed by atoms with Crippen molar-refractivity contribution in [2.45, 2.75) is 18.4 Å². The summed E-state index contributed by atoms with van der Waals surface area (Å²) in [6.45, 7) is 3.32. The molecular formula is C25H33ClN4O5. The number of piperidine rings is 1. The Bertz CT molecular complexity index is 1000. The Morgan fingerprint density at radius 1 is 1.03 bits per heavy atom. The number of para-hydroxylation sites is 1. The molecule has 2 fully saturated rings. The van der Waals surface area contributed by atoms with Crippen molar-refractivity contribution in [3.8, 4) is 17.2 Å². The molecule has 2 N–H and O–H groups in total. The van der Waals surface area contributed by atoms with E-state index in [-0.39, 0.29) is 24.2 Å². The Kier molecular flexibility index (Phi) is 8.69. The van der Waals surface area contributed by atoms with E-state index in [4.69, 9.17) is 14.2 Å². The van der Waals surface area contributed by atoms with Gasteiger partial charge >= 0.3 is 0 Å². The highest BCUT2D eigenvalue weighted by Crippen LogP contribution is 2.38. The molecule has 2 aliphatic heterocycles. The predicted octanol–water partition coefficient (Wildman–Crippen LogP) is 2.29. The summed E-state index contributed by atoms with van der Waals surface area (Å²) < 4.78 is 16.0. The summed E-state index contributed by atoms with van der Waals surface area (Å²) in [5.41, 5.74) is 0.997. The van der Waals surface area contributed by atoms with Crippen molar-refractivity contribution < 1.29 is 23.8 Å². The number of nitrogens with one attached hydrogen (secondary N) is 2. The van der Waals surface area contributed by atoms with Gasteiger partial charge < -0.3 is 34.6 Å². The van der Waals surface area contributed by atoms with E-state index in [1.165, 1.54) is 21.3 Å². The molecule has 0 saturated carbocycles. The van der Waals surface area contributed by atoms with Crippen LogP contribution in [0.1, 0.15) is 23.2 Å². The van der Waals surface area contributed by atoms with Gasteiger partial charge in [0.1, 0.15) is 5.54 Å². The van der Waals surface area contributed by atoms with Crippen molar-refractivity contribution in [3.05, 3.63) is 48.0 Å². The van der Waals surface area contributed by atoms with Gasteiger partial charge in [0, 0.05) is 37.4 Å². The van der Waals surface area contributed by atoms with Crippen LogP contribution in [0.5, 0.6) is 17.2 Å². The maximum atomic E-state index is 12.8. The number of methoxy groups -OCH3 is 3. The topological polar surface area (TPSA) is 92.4 Å². The van der Waals surface area contributed by atoms with Gasteiger partial charge in [-0.3, -0.25) is 9.59 Å². The number of hydrogen-bond acceptors (Lipinski definition) is 7. The Balaban J connectivity index is 0.00000342. The summed E-state index contributed by atoms with van der Waals surface area (Å²) in [4.78, 5) is 30.0. The van der Waals surface area contributed by atoms with Crippen molar-refractivity contribution in [2.75, 3.05) is 59.1 Å². The molecule has 10 heteroatoms. The number of anilines is 1. The Morgan fingerprint density at radius 2 is 1.66 bits per heavy atom. The van der Waals surface area contributed by atoms with Crippen LogP contribution in [0, 0.1) is 0 Å². The fourth-order valence-electron chi connectivity index (χ4n) is 4.82. The monoisotopic (exact) mass is 504 g/mol. The molecule has 0 aromatic heterocycles. The Labute approximate surface area is 212 Å². The van der Waals surface area contributed by atoms with E-state index in [2.05, 4.69) is 20.4 Å². The average molecular weight is 505 g/mol. The number of nitrogens with zero attached hydrogens (tertiary/aromatic N) is 2. The summed E-state index contributed by atoms with van der Waals surface area (Å²) >= 11 is 0. The van der Waals surface area contributed by atoms with Crippen LogP contribution in [0.25, 0.3) is 0 Å². The van der Waals surface area contributed by atoms with Gasteiger partial charge in [0.2, 0.25) is 11.7 Å². The van der Waals surface area contributed by atoms with Gasteiger partial charge in [-0.25, -0.2) is 0 Å². The maximum absolute atomic E-state index is 12.8. The standard InChI is InChI=1S/C25H32N4O5.ClH/c1-32-20-15-18(16-21(33-2)22(20)34-3)23(30)26-11-14-28-12-9-25(10-13-28)24(31)27-17-29(25)19-7-5-4-6-8-19;/h4-8,15-16H,9-14,17H2,1-3H3,(H,26,30)(H,27,31);1H. The number of ether oxygens (including phenoxy) is 3. The molecule has 2 heterocycles. The van der Waals surface area contributed by atoms with Crippen LogP contribution < -0.4 is 29.7 Å². The van der Waals surface area contributed by atoms with Gasteiger partial charge in [0.25, 0.3) is 5.91 Å². The van der Waals surface area contributed by atoms with Crippen LogP contribution in [-0.2, 0) is 4.79 Å². The molecule has 2 saturated heterocycles. The summed E-state index contributed by atoms with van der Waals surface area (Å²) in [6.07, 6.45) is 1.49. The van der Waals surface area contributed by atoms with Crippen LogP contribution in [0.4, 0.5) is 5.69 Å². The van der Waals surface area contributed by atoms with Gasteiger partial charge in [-0.05, 0) is 37.1 Å². The number of amides is 2. The first-order chi connectivity index (χ1) is 16.5. The van der Waals surface area contributed by atoms with E-state index in [1.807, 2.05) is 30.3 Å². The van der Waals surface area contributed by atoms with E-state index >= 15 is 0 Å². The third-order valence-electron chi connectivity index (χ3n) is 6.73. The molecule has 190 valence electrons. The number of hydrogen-bond donors (Lipinski definition) is 2. The number of benzene rings is 2. The number of carbonyl (C=O) groups excluding carboxylic acids is 2. The number of rotatable bonds is 8. The summed E-state index contributed by atoms with van der Waals surface area (Å²) in [5.74, 6) is 1.21. The zero-order valence-electron chi connectivity index (χ0n) is 20.3. The third kappa shape index (κ3) is 5.26. The molecular weight excluding hydrogens is 472 g/mol. The van der Waals surface area contributed by atoms with Crippen molar-refractivity contribution in [3.63, 3.8) is 0 Å². The highest BCUT2D eigenvalue weighted by atomic mass is 35.5. The lowest BCUT2D eigenvalue weighted by Crippen LogP contribution is -2.57. The van der Waals surface area contributed by atoms with Crippen LogP contribution in [0.2, 0.25) is 0 Å². The van der Waals surface area contributed by atoms with Crippen LogP contribution >= 0.6 is 12.4 Å². The summed E-state index contributed by atoms with van der Waals surface area (Å²) in [5, 5.41) is 6.00. The predicted molar refractivity (Wildman–Crippen MR) is 136 cm³/mol. The highest BCUT2D eigenvalue weighted by molar-refractivity contribution is 5.95. The molecule has 0 bridgehead atoms. The lowest BCUT2D eigenvalue weighted by Gasteiger charge is -2.43. The van der Waals surface area contributed by atoms with Crippen molar-refractivity contribution in [1.82, 2.24) is 15.5 Å². The molecule has 2 aromatic carbocycles. The Morgan fingerprint density at radius 3 is 2.23 bits per heavy atom. The average Bonchev–Trinajstić information content (AvgIpc) is 3.19. The van der Waals surface area contributed by atoms with Crippen LogP contribution in [0.3, 0.4) is 0 Å². The van der Waals surface area contributed by atoms with E-state index < -0.39 is 5.54 Å². The minimum atomic E-state index is -0.503. The third-order valence-corrected chi connectivity index (χ3v) is 6.73. The van der Waals surface area contributed by atoms with E-state index in [1.54, 1.807) is 12.1 Å². The fourth-order valence-corrected chi connectivity index (χ4v) is 4.82. The number of halogens is 1. The minimum Gasteiger partial charge on any atom is -0.493 e. The zero-order chi connectivity index (χ0) is 24.1. The second-order valence-corrected chi connectivity index (χ2v) is 8.47. The van der Waals surface area contributed by atoms with Crippen LogP contribution in [0.15, 0.2) is 42.5 Å². The number of likely N-dealkylation sites (tertiary alicyclic amines) is 1. The van der Waals surface area contributed by atoms with Gasteiger partial charge in [0.05, 0.1) is 28.0 Å². The lowest BCUT2D eigenvalue weighted by molar-refractivity contribution is -0.125. The molecule has 2 aliphatic rings. The van der Waals surface area contributed by atoms with Crippen LogP contribution in [-0.4, -0.2) is 76.4 Å². The molecule has 0 unspecified atom stereocenters. The van der Waals surface area contributed by atoms with E-state index in [0.717, 1.165) is 31.6 Å². The largest absolute Gasteiger partial charge is 0.493 e. The summed E-state index contributed by atoms with van der Waals surface area (Å²) in [6, 6.07) is 13.3. The number of carbonyl (C=O) groups is 2. The van der Waals surface area contributed by atoms with Gasteiger partial charge in [-0.15, -0.1) is 12.4 Å². The van der Waals surface area contributed by atoms with Gasteiger partial charge in [-0.2, -0.15) is 0 Å². The second kappa shape index (κ2) is 11.5. The molecule has 2 amide bonds. The maximum Gasteiger partial charge on any atom is 0.251 e. The first kappa shape index (κ1) is 26.4. The van der Waals surface area contributed by atoms with Crippen molar-refractivity contribution in [2.24, 2.45) is 0 Å². The SMILES string of the molecule is COc1cc(C(=O)NCCN2CCC3(CC2)C(=O)NCN3c2ccccc2)cc(OC)c1OC.Cl. The van der Waals surface area contributed by atoms with Crippen molar-refractivity contribution in [1.29, 1.82) is 0 Å². The molecule has 4 rings (SSSR count). The quantitative estimate of drug-likeness (QED) is 0.570. The van der Waals surface area contributed by atoms with E-state index in [0.29, 0.717) is 42.6 Å². The first-order valence-electron chi connectivity index (χ1n) is 11.4. The summed E-state index contributed by atoms with van der Waals surface area (Å²) in [7, 11) is 4.56. The fraction of sp³-hybridized carbons (Fsp3) is 0.440. The zero-order valence-corrected chi connectivity index (χ0v) is 21.2. The molecule has 35 heavy (non-hydrogen) atoms. The highest BCUT2D eigenvalue weighted by Gasteiger charge is 2.50. The second-order valence-electron chi connectivity index (χ2n) is 8.47. The molecule has 0 atom stereocenters. The molecule has 1 spiro atoms. The molecule has 0 radical (unpaired) electrons. The van der Waals surface area contributed by atoms with Gasteiger partial charge in [-0.1, -0.05) is 18.2 Å². The first-order valence-corrected chi connectivity index (χ1v) is 11.4. The van der Waals surface area contributed by atoms with E-state index in [9.17, 15) is 9.59 Å². The van der Waals surface area contributed by atoms with Gasteiger partial charge in [0.15, 0.2) is 11.5 Å². The van der Waals surface area contributed by atoms with Crippen molar-refractivity contribution >= 4 is 29.9 Å². The molecule has 9 nitrogen and oxygen atoms in total. The minimum absolute atomic E-state index is 0.